The average Bonchev–Trinajstić information content (AvgIpc) is 3.16. The zero-order valence-electron chi connectivity index (χ0n) is 18.5. The van der Waals surface area contributed by atoms with Gasteiger partial charge in [-0.05, 0) is 37.1 Å². The second-order valence-electron chi connectivity index (χ2n) is 8.63. The van der Waals surface area contributed by atoms with Gasteiger partial charge in [-0.3, -0.25) is 15.5 Å². The molecular weight excluding hydrogens is 412 g/mol. The normalized spacial score (nSPS) is 23.3. The molecule has 2 aromatic carbocycles. The number of hydrogen-bond donors (Lipinski definition) is 1. The molecule has 0 bridgehead atoms. The van der Waals surface area contributed by atoms with Crippen LogP contribution in [0.5, 0.6) is 0 Å². The van der Waals surface area contributed by atoms with Crippen LogP contribution in [0.4, 0.5) is 8.78 Å². The molecule has 2 heterocycles. The van der Waals surface area contributed by atoms with E-state index in [-0.39, 0.29) is 23.9 Å². The van der Waals surface area contributed by atoms with Gasteiger partial charge in [0, 0.05) is 38.2 Å². The molecule has 6 nitrogen and oxygen atoms in total. The largest absolute Gasteiger partial charge is 0.289 e. The summed E-state index contributed by atoms with van der Waals surface area (Å²) < 4.78 is 28.5. The van der Waals surface area contributed by atoms with Crippen LogP contribution in [0.2, 0.25) is 0 Å². The van der Waals surface area contributed by atoms with Crippen LogP contribution in [-0.4, -0.2) is 58.8 Å². The molecule has 0 aromatic heterocycles. The maximum Gasteiger partial charge on any atom is 0.260 e. The maximum absolute atomic E-state index is 14.6. The maximum atomic E-state index is 14.6. The van der Waals surface area contributed by atoms with Crippen LogP contribution in [0.25, 0.3) is 0 Å². The lowest BCUT2D eigenvalue weighted by Gasteiger charge is -2.40. The summed E-state index contributed by atoms with van der Waals surface area (Å²) in [5, 5.41) is 7.84. The SMILES string of the molecule is CCC(C(=O)N1N=C(c2cc(F)ccc2F)CC1(C)c1ccccc1)N1CCN(N)CC1. The van der Waals surface area contributed by atoms with Crippen molar-refractivity contribution in [3.63, 3.8) is 0 Å². The number of carbonyl (C=O) groups excluding carboxylic acids is 1. The molecule has 0 spiro atoms. The number of carbonyl (C=O) groups is 1. The molecule has 2 unspecified atom stereocenters. The van der Waals surface area contributed by atoms with E-state index in [1.807, 2.05) is 44.2 Å². The molecule has 0 saturated carbocycles. The van der Waals surface area contributed by atoms with Gasteiger partial charge in [0.2, 0.25) is 0 Å². The van der Waals surface area contributed by atoms with Gasteiger partial charge in [-0.2, -0.15) is 5.10 Å². The Balaban J connectivity index is 1.73. The van der Waals surface area contributed by atoms with E-state index in [9.17, 15) is 13.6 Å². The molecule has 8 heteroatoms. The zero-order valence-corrected chi connectivity index (χ0v) is 18.5. The molecule has 2 aliphatic rings. The van der Waals surface area contributed by atoms with Gasteiger partial charge >= 0.3 is 0 Å². The van der Waals surface area contributed by atoms with Gasteiger partial charge in [-0.15, -0.1) is 0 Å². The van der Waals surface area contributed by atoms with Gasteiger partial charge in [0.15, 0.2) is 0 Å². The van der Waals surface area contributed by atoms with E-state index in [1.165, 1.54) is 5.01 Å². The van der Waals surface area contributed by atoms with E-state index in [4.69, 9.17) is 5.84 Å². The second kappa shape index (κ2) is 9.05. The summed E-state index contributed by atoms with van der Waals surface area (Å²) in [5.41, 5.74) is 0.538. The molecule has 4 rings (SSSR count). The number of nitrogens with zero attached hydrogens (tertiary/aromatic N) is 4. The highest BCUT2D eigenvalue weighted by Gasteiger charge is 2.46. The van der Waals surface area contributed by atoms with Crippen LogP contribution in [0.3, 0.4) is 0 Å². The Morgan fingerprint density at radius 3 is 2.47 bits per heavy atom. The third kappa shape index (κ3) is 4.18. The molecule has 2 aromatic rings. The number of hydrazone groups is 1. The lowest BCUT2D eigenvalue weighted by atomic mass is 9.85. The number of hydrogen-bond acceptors (Lipinski definition) is 5. The summed E-state index contributed by atoms with van der Waals surface area (Å²) in [6, 6.07) is 12.5. The molecule has 1 fully saturated rings. The van der Waals surface area contributed by atoms with Crippen LogP contribution < -0.4 is 5.84 Å². The smallest absolute Gasteiger partial charge is 0.260 e. The van der Waals surface area contributed by atoms with Crippen molar-refractivity contribution in [1.82, 2.24) is 14.9 Å². The highest BCUT2D eigenvalue weighted by atomic mass is 19.1. The topological polar surface area (TPSA) is 65.2 Å². The number of rotatable bonds is 5. The molecule has 0 aliphatic carbocycles. The Morgan fingerprint density at radius 2 is 1.81 bits per heavy atom. The fraction of sp³-hybridized carbons (Fsp3) is 0.417. The van der Waals surface area contributed by atoms with Crippen molar-refractivity contribution in [1.29, 1.82) is 0 Å². The Morgan fingerprint density at radius 1 is 1.12 bits per heavy atom. The molecule has 0 radical (unpaired) electrons. The van der Waals surface area contributed by atoms with Gasteiger partial charge in [0.25, 0.3) is 5.91 Å². The Kier molecular flexibility index (Phi) is 6.37. The highest BCUT2D eigenvalue weighted by Crippen LogP contribution is 2.40. The van der Waals surface area contributed by atoms with Crippen molar-refractivity contribution in [2.45, 2.75) is 38.3 Å². The first kappa shape index (κ1) is 22.5. The van der Waals surface area contributed by atoms with Crippen molar-refractivity contribution in [2.24, 2.45) is 10.9 Å². The monoisotopic (exact) mass is 441 g/mol. The standard InChI is InChI=1S/C24H29F2N5O/c1-3-22(29-11-13-30(27)14-12-29)23(32)31-24(2,17-7-5-4-6-8-17)16-21(28-31)19-15-18(25)9-10-20(19)26/h4-10,15,22H,3,11-14,16,27H2,1-2H3. The third-order valence-electron chi connectivity index (χ3n) is 6.50. The number of amides is 1. The van der Waals surface area contributed by atoms with Crippen molar-refractivity contribution in [2.75, 3.05) is 26.2 Å². The minimum Gasteiger partial charge on any atom is -0.289 e. The molecule has 1 amide bonds. The van der Waals surface area contributed by atoms with Crippen LogP contribution in [-0.2, 0) is 10.3 Å². The predicted octanol–water partition coefficient (Wildman–Crippen LogP) is 3.09. The summed E-state index contributed by atoms with van der Waals surface area (Å²) in [4.78, 5) is 16.0. The number of nitrogens with two attached hydrogens (primary N) is 1. The fourth-order valence-corrected chi connectivity index (χ4v) is 4.63. The van der Waals surface area contributed by atoms with E-state index in [0.717, 1.165) is 23.8 Å². The van der Waals surface area contributed by atoms with Gasteiger partial charge in [0.1, 0.15) is 11.6 Å². The van der Waals surface area contributed by atoms with Crippen LogP contribution in [0.15, 0.2) is 53.6 Å². The highest BCUT2D eigenvalue weighted by molar-refractivity contribution is 6.04. The molecule has 2 N–H and O–H groups in total. The number of hydrazine groups is 1. The predicted molar refractivity (Wildman–Crippen MR) is 120 cm³/mol. The minimum absolute atomic E-state index is 0.0900. The van der Waals surface area contributed by atoms with E-state index >= 15 is 0 Å². The van der Waals surface area contributed by atoms with Gasteiger partial charge in [-0.1, -0.05) is 37.3 Å². The number of benzene rings is 2. The first-order valence-electron chi connectivity index (χ1n) is 11.0. The van der Waals surface area contributed by atoms with E-state index < -0.39 is 17.2 Å². The van der Waals surface area contributed by atoms with Crippen molar-refractivity contribution in [3.05, 3.63) is 71.3 Å². The van der Waals surface area contributed by atoms with E-state index in [2.05, 4.69) is 10.0 Å². The summed E-state index contributed by atoms with van der Waals surface area (Å²) in [7, 11) is 0. The lowest BCUT2D eigenvalue weighted by Crippen LogP contribution is -2.57. The minimum atomic E-state index is -0.810. The molecule has 1 saturated heterocycles. The Bertz CT molecular complexity index is 1010. The first-order valence-corrected chi connectivity index (χ1v) is 11.0. The zero-order chi connectivity index (χ0) is 22.9. The fourth-order valence-electron chi connectivity index (χ4n) is 4.63. The number of halogens is 2. The summed E-state index contributed by atoms with van der Waals surface area (Å²) in [5.74, 6) is 4.65. The van der Waals surface area contributed by atoms with Crippen molar-refractivity contribution >= 4 is 11.6 Å². The summed E-state index contributed by atoms with van der Waals surface area (Å²) in [6.45, 7) is 6.64. The Labute approximate surface area is 187 Å². The molecule has 170 valence electrons. The second-order valence-corrected chi connectivity index (χ2v) is 8.63. The average molecular weight is 442 g/mol. The van der Waals surface area contributed by atoms with Crippen LogP contribution in [0, 0.1) is 11.6 Å². The van der Waals surface area contributed by atoms with E-state index in [1.54, 1.807) is 5.01 Å². The van der Waals surface area contributed by atoms with Crippen molar-refractivity contribution < 1.29 is 13.6 Å². The van der Waals surface area contributed by atoms with Gasteiger partial charge in [0.05, 0.1) is 17.3 Å². The molecule has 2 atom stereocenters. The van der Waals surface area contributed by atoms with Crippen molar-refractivity contribution in [3.8, 4) is 0 Å². The molecule has 32 heavy (non-hydrogen) atoms. The van der Waals surface area contributed by atoms with Crippen LogP contribution >= 0.6 is 0 Å². The van der Waals surface area contributed by atoms with Gasteiger partial charge < -0.3 is 0 Å². The summed E-state index contributed by atoms with van der Waals surface area (Å²) >= 11 is 0. The molecular formula is C24H29F2N5O. The molecule has 2 aliphatic heterocycles. The first-order chi connectivity index (χ1) is 15.3. The lowest BCUT2D eigenvalue weighted by molar-refractivity contribution is -0.143. The summed E-state index contributed by atoms with van der Waals surface area (Å²) in [6.07, 6.45) is 0.903. The Hall–Kier alpha value is -2.68. The van der Waals surface area contributed by atoms with E-state index in [0.29, 0.717) is 38.3 Å². The number of piperazine rings is 1. The van der Waals surface area contributed by atoms with Crippen LogP contribution in [0.1, 0.15) is 37.8 Å². The third-order valence-corrected chi connectivity index (χ3v) is 6.50. The van der Waals surface area contributed by atoms with Gasteiger partial charge in [-0.25, -0.2) is 18.8 Å². The quantitative estimate of drug-likeness (QED) is 0.725.